The zero-order chi connectivity index (χ0) is 20.8. The van der Waals surface area contributed by atoms with Crippen LogP contribution in [0.25, 0.3) is 27.5 Å². The highest BCUT2D eigenvalue weighted by molar-refractivity contribution is 6.09. The maximum absolute atomic E-state index is 2.42. The van der Waals surface area contributed by atoms with E-state index in [1.165, 1.54) is 38.6 Å². The van der Waals surface area contributed by atoms with Gasteiger partial charge in [0, 0.05) is 16.5 Å². The smallest absolute Gasteiger partial charge is 0.0541 e. The van der Waals surface area contributed by atoms with E-state index in [0.29, 0.717) is 0 Å². The summed E-state index contributed by atoms with van der Waals surface area (Å²) in [6.45, 7) is 13.9. The van der Waals surface area contributed by atoms with Crippen LogP contribution in [0.5, 0.6) is 0 Å². The van der Waals surface area contributed by atoms with Crippen LogP contribution >= 0.6 is 0 Å². The molecule has 1 aromatic heterocycles. The van der Waals surface area contributed by atoms with E-state index in [1.54, 1.807) is 0 Å². The SMILES string of the molecule is CC(C)(C)Cc1ccc2c(c1)c1cc(CC(C)(C)C)ccc1n2-c1ccccc1. The zero-order valence-electron chi connectivity index (χ0n) is 18.7. The van der Waals surface area contributed by atoms with Gasteiger partial charge in [-0.05, 0) is 71.2 Å². The lowest BCUT2D eigenvalue weighted by Crippen LogP contribution is -2.09. The van der Waals surface area contributed by atoms with Gasteiger partial charge in [-0.15, -0.1) is 0 Å². The highest BCUT2D eigenvalue weighted by atomic mass is 15.0. The summed E-state index contributed by atoms with van der Waals surface area (Å²) in [5.74, 6) is 0. The monoisotopic (exact) mass is 383 g/mol. The van der Waals surface area contributed by atoms with Gasteiger partial charge in [-0.25, -0.2) is 0 Å². The molecule has 1 heteroatoms. The number of hydrogen-bond donors (Lipinski definition) is 0. The zero-order valence-corrected chi connectivity index (χ0v) is 18.7. The minimum Gasteiger partial charge on any atom is -0.309 e. The summed E-state index contributed by atoms with van der Waals surface area (Å²) >= 11 is 0. The molecule has 4 aromatic rings. The second-order valence-corrected chi connectivity index (χ2v) is 10.8. The minimum absolute atomic E-state index is 0.281. The molecule has 3 aromatic carbocycles. The third-order valence-corrected chi connectivity index (χ3v) is 5.38. The van der Waals surface area contributed by atoms with Crippen molar-refractivity contribution in [2.75, 3.05) is 0 Å². The summed E-state index contributed by atoms with van der Waals surface area (Å²) < 4.78 is 2.41. The Balaban J connectivity index is 1.98. The maximum Gasteiger partial charge on any atom is 0.0541 e. The summed E-state index contributed by atoms with van der Waals surface area (Å²) in [5, 5.41) is 2.72. The van der Waals surface area contributed by atoms with Crippen molar-refractivity contribution in [2.45, 2.75) is 54.4 Å². The minimum atomic E-state index is 0.281. The molecule has 1 heterocycles. The highest BCUT2D eigenvalue weighted by Gasteiger charge is 2.17. The van der Waals surface area contributed by atoms with Crippen LogP contribution in [0.4, 0.5) is 0 Å². The number of benzene rings is 3. The van der Waals surface area contributed by atoms with Crippen LogP contribution in [0.15, 0.2) is 66.7 Å². The van der Waals surface area contributed by atoms with Crippen molar-refractivity contribution < 1.29 is 0 Å². The van der Waals surface area contributed by atoms with Crippen LogP contribution in [0, 0.1) is 10.8 Å². The summed E-state index contributed by atoms with van der Waals surface area (Å²) in [7, 11) is 0. The third kappa shape index (κ3) is 4.24. The Hall–Kier alpha value is -2.54. The van der Waals surface area contributed by atoms with E-state index in [9.17, 15) is 0 Å². The first-order valence-corrected chi connectivity index (χ1v) is 10.7. The molecule has 0 aliphatic rings. The van der Waals surface area contributed by atoms with Crippen molar-refractivity contribution in [1.29, 1.82) is 0 Å². The summed E-state index contributed by atoms with van der Waals surface area (Å²) in [5.41, 5.74) is 7.19. The molecule has 0 spiro atoms. The Morgan fingerprint density at radius 2 is 1.03 bits per heavy atom. The summed E-state index contributed by atoms with van der Waals surface area (Å²) in [6, 6.07) is 24.8. The fraction of sp³-hybridized carbons (Fsp3) is 0.357. The van der Waals surface area contributed by atoms with Crippen molar-refractivity contribution in [3.63, 3.8) is 0 Å². The lowest BCUT2D eigenvalue weighted by Gasteiger charge is -2.18. The second-order valence-electron chi connectivity index (χ2n) is 10.8. The number of rotatable bonds is 3. The molecule has 0 fully saturated rings. The standard InChI is InChI=1S/C28H33N/c1-27(2,3)18-20-12-14-25-23(16-20)24-17-21(19-28(4,5)6)13-15-26(24)29(25)22-10-8-7-9-11-22/h7-17H,18-19H2,1-6H3. The van der Waals surface area contributed by atoms with Gasteiger partial charge in [0.1, 0.15) is 0 Å². The van der Waals surface area contributed by atoms with E-state index in [0.717, 1.165) is 12.8 Å². The van der Waals surface area contributed by atoms with Crippen LogP contribution in [-0.2, 0) is 12.8 Å². The second kappa shape index (κ2) is 7.06. The molecule has 0 amide bonds. The van der Waals surface area contributed by atoms with E-state index >= 15 is 0 Å². The molecule has 0 aliphatic heterocycles. The predicted octanol–water partition coefficient (Wildman–Crippen LogP) is 7.96. The van der Waals surface area contributed by atoms with Crippen LogP contribution < -0.4 is 0 Å². The maximum atomic E-state index is 2.42. The number of hydrogen-bond acceptors (Lipinski definition) is 0. The molecule has 0 saturated heterocycles. The van der Waals surface area contributed by atoms with Gasteiger partial charge in [0.15, 0.2) is 0 Å². The van der Waals surface area contributed by atoms with Crippen LogP contribution in [0.3, 0.4) is 0 Å². The van der Waals surface area contributed by atoms with Gasteiger partial charge in [-0.1, -0.05) is 71.9 Å². The Kier molecular flexibility index (Phi) is 4.81. The first-order chi connectivity index (χ1) is 13.6. The molecule has 0 radical (unpaired) electrons. The number of nitrogens with zero attached hydrogens (tertiary/aromatic N) is 1. The molecular formula is C28H33N. The van der Waals surface area contributed by atoms with E-state index in [-0.39, 0.29) is 10.8 Å². The van der Waals surface area contributed by atoms with Gasteiger partial charge in [-0.3, -0.25) is 0 Å². The van der Waals surface area contributed by atoms with Gasteiger partial charge in [0.05, 0.1) is 11.0 Å². The number of fused-ring (bicyclic) bond motifs is 3. The first kappa shape index (κ1) is 19.8. The van der Waals surface area contributed by atoms with Gasteiger partial charge in [-0.2, -0.15) is 0 Å². The third-order valence-electron chi connectivity index (χ3n) is 5.38. The molecule has 0 aliphatic carbocycles. The van der Waals surface area contributed by atoms with Crippen LogP contribution in [0.2, 0.25) is 0 Å². The van der Waals surface area contributed by atoms with Crippen molar-refractivity contribution in [3.05, 3.63) is 77.9 Å². The molecule has 29 heavy (non-hydrogen) atoms. The topological polar surface area (TPSA) is 4.93 Å². The van der Waals surface area contributed by atoms with Gasteiger partial charge in [0.2, 0.25) is 0 Å². The van der Waals surface area contributed by atoms with Crippen LogP contribution in [0.1, 0.15) is 52.7 Å². The van der Waals surface area contributed by atoms with Crippen molar-refractivity contribution in [1.82, 2.24) is 4.57 Å². The molecule has 150 valence electrons. The lowest BCUT2D eigenvalue weighted by molar-refractivity contribution is 0.411. The lowest BCUT2D eigenvalue weighted by atomic mass is 9.87. The molecule has 4 rings (SSSR count). The van der Waals surface area contributed by atoms with Crippen molar-refractivity contribution in [2.24, 2.45) is 10.8 Å². The summed E-state index contributed by atoms with van der Waals surface area (Å²) in [4.78, 5) is 0. The van der Waals surface area contributed by atoms with E-state index < -0.39 is 0 Å². The van der Waals surface area contributed by atoms with E-state index in [2.05, 4.69) is 113 Å². The van der Waals surface area contributed by atoms with E-state index in [4.69, 9.17) is 0 Å². The van der Waals surface area contributed by atoms with Gasteiger partial charge in [0.25, 0.3) is 0 Å². The Morgan fingerprint density at radius 1 is 0.586 bits per heavy atom. The molecule has 0 bridgehead atoms. The van der Waals surface area contributed by atoms with Gasteiger partial charge < -0.3 is 4.57 Å². The first-order valence-electron chi connectivity index (χ1n) is 10.7. The average Bonchev–Trinajstić information content (AvgIpc) is 2.93. The van der Waals surface area contributed by atoms with E-state index in [1.807, 2.05) is 0 Å². The fourth-order valence-corrected chi connectivity index (χ4v) is 4.42. The molecule has 0 atom stereocenters. The number of aromatic nitrogens is 1. The Morgan fingerprint density at radius 3 is 1.45 bits per heavy atom. The summed E-state index contributed by atoms with van der Waals surface area (Å²) in [6.07, 6.45) is 2.17. The van der Waals surface area contributed by atoms with Gasteiger partial charge >= 0.3 is 0 Å². The highest BCUT2D eigenvalue weighted by Crippen LogP contribution is 2.35. The van der Waals surface area contributed by atoms with Crippen molar-refractivity contribution in [3.8, 4) is 5.69 Å². The molecule has 0 unspecified atom stereocenters. The van der Waals surface area contributed by atoms with Crippen molar-refractivity contribution >= 4 is 21.8 Å². The number of para-hydroxylation sites is 1. The Bertz CT molecular complexity index is 1080. The Labute approximate surface area is 175 Å². The molecule has 0 saturated carbocycles. The molecular weight excluding hydrogens is 350 g/mol. The van der Waals surface area contributed by atoms with Crippen LogP contribution in [-0.4, -0.2) is 4.57 Å². The quantitative estimate of drug-likeness (QED) is 0.338. The largest absolute Gasteiger partial charge is 0.309 e. The normalized spacial score (nSPS) is 12.8. The molecule has 0 N–H and O–H groups in total. The fourth-order valence-electron chi connectivity index (χ4n) is 4.42. The molecule has 1 nitrogen and oxygen atoms in total. The predicted molar refractivity (Wildman–Crippen MR) is 127 cm³/mol. The average molecular weight is 384 g/mol.